The van der Waals surface area contributed by atoms with Gasteiger partial charge in [-0.25, -0.2) is 0 Å². The molecule has 116 valence electrons. The number of carbonyl (C=O) groups excluding carboxylic acids is 2. The van der Waals surface area contributed by atoms with Gasteiger partial charge in [-0.15, -0.1) is 0 Å². The van der Waals surface area contributed by atoms with E-state index in [1.807, 2.05) is 13.8 Å². The molecule has 0 aromatic rings. The van der Waals surface area contributed by atoms with Crippen molar-refractivity contribution < 1.29 is 19.5 Å². The van der Waals surface area contributed by atoms with Gasteiger partial charge in [0, 0.05) is 12.6 Å². The summed E-state index contributed by atoms with van der Waals surface area (Å²) in [5, 5.41) is 12.5. The Morgan fingerprint density at radius 1 is 1.33 bits per heavy atom. The molecule has 2 aliphatic carbocycles. The first-order chi connectivity index (χ1) is 9.68. The van der Waals surface area contributed by atoms with Gasteiger partial charge in [0.15, 0.2) is 0 Å². The van der Waals surface area contributed by atoms with Crippen molar-refractivity contribution in [2.24, 2.45) is 17.3 Å². The number of hydrogen-bond donors (Lipinski definition) is 2. The van der Waals surface area contributed by atoms with Crippen LogP contribution in [0.4, 0.5) is 0 Å². The minimum Gasteiger partial charge on any atom is -0.480 e. The predicted molar refractivity (Wildman–Crippen MR) is 74.3 cm³/mol. The normalized spacial score (nSPS) is 32.8. The van der Waals surface area contributed by atoms with Crippen molar-refractivity contribution in [3.05, 3.63) is 0 Å². The minimum atomic E-state index is -1.08. The minimum absolute atomic E-state index is 0.130. The van der Waals surface area contributed by atoms with Crippen LogP contribution in [0.3, 0.4) is 0 Å². The summed E-state index contributed by atoms with van der Waals surface area (Å²) >= 11 is 0. The van der Waals surface area contributed by atoms with Crippen LogP contribution in [-0.4, -0.2) is 45.9 Å². The van der Waals surface area contributed by atoms with Crippen LogP contribution >= 0.6 is 0 Å². The van der Waals surface area contributed by atoms with Gasteiger partial charge in [-0.2, -0.15) is 0 Å². The zero-order chi connectivity index (χ0) is 15.6. The third kappa shape index (κ3) is 2.16. The number of nitrogens with one attached hydrogen (secondary N) is 1. The van der Waals surface area contributed by atoms with E-state index in [1.165, 1.54) is 4.90 Å². The summed E-state index contributed by atoms with van der Waals surface area (Å²) in [7, 11) is 0. The van der Waals surface area contributed by atoms with Crippen LogP contribution in [0, 0.1) is 17.3 Å². The SMILES string of the molecule is CC(CCN1C(=O)C2C(C1=O)C2(C)C)(NC1CC1)C(=O)O. The Labute approximate surface area is 123 Å². The van der Waals surface area contributed by atoms with E-state index in [1.54, 1.807) is 6.92 Å². The number of rotatable bonds is 6. The molecule has 3 unspecified atom stereocenters. The standard InChI is InChI=1S/C15H22N2O4/c1-14(2)9-10(14)12(19)17(11(9)18)7-6-15(3,13(20)21)16-8-4-5-8/h8-10,16H,4-7H2,1-3H3,(H,20,21). The number of carboxylic acids is 1. The summed E-state index contributed by atoms with van der Waals surface area (Å²) in [6.07, 6.45) is 2.22. The van der Waals surface area contributed by atoms with Gasteiger partial charge >= 0.3 is 5.97 Å². The molecule has 0 aromatic carbocycles. The molecule has 0 aromatic heterocycles. The number of amides is 2. The highest BCUT2D eigenvalue weighted by atomic mass is 16.4. The molecule has 6 nitrogen and oxygen atoms in total. The van der Waals surface area contributed by atoms with Crippen molar-refractivity contribution in [1.82, 2.24) is 10.2 Å². The van der Waals surface area contributed by atoms with E-state index < -0.39 is 11.5 Å². The van der Waals surface area contributed by atoms with E-state index in [4.69, 9.17) is 0 Å². The van der Waals surface area contributed by atoms with E-state index in [2.05, 4.69) is 5.32 Å². The maximum Gasteiger partial charge on any atom is 0.323 e. The quantitative estimate of drug-likeness (QED) is 0.701. The van der Waals surface area contributed by atoms with Crippen LogP contribution in [0.5, 0.6) is 0 Å². The smallest absolute Gasteiger partial charge is 0.323 e. The van der Waals surface area contributed by atoms with Crippen LogP contribution in [-0.2, 0) is 14.4 Å². The Hall–Kier alpha value is -1.43. The second-order valence-electron chi connectivity index (χ2n) is 7.41. The van der Waals surface area contributed by atoms with Gasteiger partial charge in [0.1, 0.15) is 5.54 Å². The van der Waals surface area contributed by atoms with Gasteiger partial charge in [-0.3, -0.25) is 24.6 Å². The molecule has 3 fully saturated rings. The lowest BCUT2D eigenvalue weighted by atomic mass is 9.96. The molecule has 2 amide bonds. The Kier molecular flexibility index (Phi) is 2.96. The number of likely N-dealkylation sites (tertiary alicyclic amines) is 1. The summed E-state index contributed by atoms with van der Waals surface area (Å²) in [5.41, 5.74) is -1.29. The lowest BCUT2D eigenvalue weighted by Crippen LogP contribution is -2.53. The molecular weight excluding hydrogens is 272 g/mol. The molecule has 6 heteroatoms. The molecule has 21 heavy (non-hydrogen) atoms. The zero-order valence-corrected chi connectivity index (χ0v) is 12.7. The number of carbonyl (C=O) groups is 3. The fraction of sp³-hybridized carbons (Fsp3) is 0.800. The molecule has 0 radical (unpaired) electrons. The van der Waals surface area contributed by atoms with Crippen LogP contribution < -0.4 is 5.32 Å². The molecule has 0 spiro atoms. The summed E-state index contributed by atoms with van der Waals surface area (Å²) < 4.78 is 0. The van der Waals surface area contributed by atoms with E-state index in [9.17, 15) is 19.5 Å². The van der Waals surface area contributed by atoms with Crippen molar-refractivity contribution in [1.29, 1.82) is 0 Å². The van der Waals surface area contributed by atoms with Crippen molar-refractivity contribution in [3.8, 4) is 0 Å². The van der Waals surface area contributed by atoms with Crippen LogP contribution in [0.2, 0.25) is 0 Å². The number of carboxylic acid groups (broad SMARTS) is 1. The maximum atomic E-state index is 12.2. The second-order valence-corrected chi connectivity index (χ2v) is 7.41. The highest BCUT2D eigenvalue weighted by Crippen LogP contribution is 2.63. The Bertz CT molecular complexity index is 502. The third-order valence-corrected chi connectivity index (χ3v) is 5.30. The lowest BCUT2D eigenvalue weighted by Gasteiger charge is -2.29. The number of aliphatic carboxylic acids is 1. The van der Waals surface area contributed by atoms with Crippen LogP contribution in [0.25, 0.3) is 0 Å². The highest BCUT2D eigenvalue weighted by molar-refractivity contribution is 6.10. The van der Waals surface area contributed by atoms with Gasteiger partial charge in [0.2, 0.25) is 11.8 Å². The summed E-state index contributed by atoms with van der Waals surface area (Å²) in [5.74, 6) is -1.59. The average Bonchev–Trinajstić information content (AvgIpc) is 3.24. The zero-order valence-electron chi connectivity index (χ0n) is 12.7. The van der Waals surface area contributed by atoms with Gasteiger partial charge in [0.25, 0.3) is 0 Å². The van der Waals surface area contributed by atoms with E-state index >= 15 is 0 Å². The molecular formula is C15H22N2O4. The monoisotopic (exact) mass is 294 g/mol. The van der Waals surface area contributed by atoms with E-state index in [0.717, 1.165) is 12.8 Å². The van der Waals surface area contributed by atoms with Gasteiger partial charge in [-0.05, 0) is 31.6 Å². The maximum absolute atomic E-state index is 12.2. The topological polar surface area (TPSA) is 86.7 Å². The largest absolute Gasteiger partial charge is 0.480 e. The van der Waals surface area contributed by atoms with Crippen molar-refractivity contribution in [2.45, 2.75) is 51.6 Å². The lowest BCUT2D eigenvalue weighted by molar-refractivity contribution is -0.148. The van der Waals surface area contributed by atoms with Crippen LogP contribution in [0.15, 0.2) is 0 Å². The number of hydrogen-bond acceptors (Lipinski definition) is 4. The van der Waals surface area contributed by atoms with Crippen molar-refractivity contribution >= 4 is 17.8 Å². The van der Waals surface area contributed by atoms with E-state index in [0.29, 0.717) is 0 Å². The Morgan fingerprint density at radius 3 is 2.29 bits per heavy atom. The average molecular weight is 294 g/mol. The molecule has 2 N–H and O–H groups in total. The van der Waals surface area contributed by atoms with Crippen LogP contribution in [0.1, 0.15) is 40.0 Å². The first kappa shape index (κ1) is 14.5. The number of fused-ring (bicyclic) bond motifs is 1. The molecule has 0 bridgehead atoms. The molecule has 1 saturated heterocycles. The Morgan fingerprint density at radius 2 is 1.86 bits per heavy atom. The first-order valence-electron chi connectivity index (χ1n) is 7.55. The fourth-order valence-corrected chi connectivity index (χ4v) is 3.48. The molecule has 3 aliphatic rings. The molecule has 1 heterocycles. The summed E-state index contributed by atoms with van der Waals surface area (Å²) in [6.45, 7) is 5.68. The molecule has 3 rings (SSSR count). The van der Waals surface area contributed by atoms with Gasteiger partial charge < -0.3 is 5.11 Å². The van der Waals surface area contributed by atoms with Crippen molar-refractivity contribution in [2.75, 3.05) is 6.54 Å². The number of piperidine rings is 1. The third-order valence-electron chi connectivity index (χ3n) is 5.30. The molecule has 1 aliphatic heterocycles. The second kappa shape index (κ2) is 4.29. The van der Waals surface area contributed by atoms with Gasteiger partial charge in [0.05, 0.1) is 11.8 Å². The summed E-state index contributed by atoms with van der Waals surface area (Å²) in [4.78, 5) is 37.2. The Balaban J connectivity index is 1.63. The van der Waals surface area contributed by atoms with Crippen molar-refractivity contribution in [3.63, 3.8) is 0 Å². The predicted octanol–water partition coefficient (Wildman–Crippen LogP) is 0.613. The number of nitrogens with zero attached hydrogens (tertiary/aromatic N) is 1. The van der Waals surface area contributed by atoms with Gasteiger partial charge in [-0.1, -0.05) is 13.8 Å². The number of imide groups is 1. The van der Waals surface area contributed by atoms with E-state index in [-0.39, 0.29) is 48.1 Å². The molecule has 3 atom stereocenters. The highest BCUT2D eigenvalue weighted by Gasteiger charge is 2.72. The fourth-order valence-electron chi connectivity index (χ4n) is 3.48. The molecule has 2 saturated carbocycles. The first-order valence-corrected chi connectivity index (χ1v) is 7.55. The summed E-state index contributed by atoms with van der Waals surface area (Å²) in [6, 6.07) is 0.253.